The molecule has 0 saturated heterocycles. The molecule has 6 aliphatic rings. The molecular weight excluding hydrogens is 194 g/mol. The van der Waals surface area contributed by atoms with Gasteiger partial charge in [-0.25, -0.2) is 4.79 Å². The maximum atomic E-state index is 11.6. The van der Waals surface area contributed by atoms with Gasteiger partial charge in [-0.3, -0.25) is 4.79 Å². The first-order valence-corrected chi connectivity index (χ1v) is 5.61. The minimum Gasteiger partial charge on any atom is -0.465 e. The Kier molecular flexibility index (Phi) is 0.691. The number of hydrogen-bond acceptors (Lipinski definition) is 2. The average molecular weight is 205 g/mol. The van der Waals surface area contributed by atoms with Crippen molar-refractivity contribution in [1.29, 1.82) is 0 Å². The van der Waals surface area contributed by atoms with Crippen LogP contribution < -0.4 is 5.32 Å². The first kappa shape index (κ1) is 7.25. The van der Waals surface area contributed by atoms with Gasteiger partial charge in [-0.05, 0) is 42.4 Å². The lowest BCUT2D eigenvalue weighted by Crippen LogP contribution is -3.16. The van der Waals surface area contributed by atoms with Gasteiger partial charge in [0.2, 0.25) is 0 Å². The van der Waals surface area contributed by atoms with Gasteiger partial charge in [0, 0.05) is 5.41 Å². The molecule has 0 atom stereocenters. The van der Waals surface area contributed by atoms with Crippen molar-refractivity contribution in [2.75, 3.05) is 0 Å². The normalized spacial score (nSPS) is 72.3. The predicted molar refractivity (Wildman–Crippen MR) is 47.9 cm³/mol. The van der Waals surface area contributed by atoms with E-state index in [1.807, 2.05) is 0 Å². The average Bonchev–Trinajstić information content (AvgIpc) is 2.17. The van der Waals surface area contributed by atoms with E-state index in [1.54, 1.807) is 6.92 Å². The molecule has 78 valence electrons. The van der Waals surface area contributed by atoms with Crippen molar-refractivity contribution in [2.24, 2.45) is 40.9 Å². The number of hydrogen-bond donors (Lipinski definition) is 2. The van der Waals surface area contributed by atoms with E-state index in [9.17, 15) is 9.59 Å². The molecule has 1 amide bonds. The van der Waals surface area contributed by atoms with Gasteiger partial charge >= 0.3 is 6.09 Å². The van der Waals surface area contributed by atoms with E-state index in [0.717, 1.165) is 0 Å². The summed E-state index contributed by atoms with van der Waals surface area (Å²) in [4.78, 5) is 22.3. The Morgan fingerprint density at radius 1 is 1.07 bits per heavy atom. The first-order chi connectivity index (χ1) is 7.09. The third-order valence-corrected chi connectivity index (χ3v) is 6.56. The standard InChI is InChI=1S/C11H11NO3/c1-2(13)10-3-6-4(10)8-5(10)7(3)11(6,8)12-9(14)15/h3-8,12H,1H3,(H,14,15). The Labute approximate surface area is 86.0 Å². The number of carbonyl (C=O) groups excluding carboxylic acids is 1. The zero-order valence-corrected chi connectivity index (χ0v) is 8.23. The van der Waals surface area contributed by atoms with Crippen molar-refractivity contribution in [2.45, 2.75) is 12.5 Å². The fraction of sp³-hybridized carbons (Fsp3) is 0.818. The van der Waals surface area contributed by atoms with Gasteiger partial charge in [0.1, 0.15) is 5.78 Å². The van der Waals surface area contributed by atoms with E-state index in [2.05, 4.69) is 5.32 Å². The van der Waals surface area contributed by atoms with E-state index in [0.29, 0.717) is 41.3 Å². The number of carbonyl (C=O) groups is 2. The molecule has 0 aromatic carbocycles. The summed E-state index contributed by atoms with van der Waals surface area (Å²) in [6.07, 6.45) is -0.887. The van der Waals surface area contributed by atoms with Crippen LogP contribution in [-0.4, -0.2) is 22.5 Å². The molecule has 6 saturated carbocycles. The van der Waals surface area contributed by atoms with Crippen molar-refractivity contribution < 1.29 is 14.7 Å². The monoisotopic (exact) mass is 205 g/mol. The molecule has 15 heavy (non-hydrogen) atoms. The number of Topliss-reactive ketones (excluding diaryl/α,β-unsaturated/α-hetero) is 1. The topological polar surface area (TPSA) is 66.4 Å². The van der Waals surface area contributed by atoms with E-state index in [-0.39, 0.29) is 11.0 Å². The fourth-order valence-electron chi connectivity index (χ4n) is 6.67. The molecule has 0 aromatic rings. The lowest BCUT2D eigenvalue weighted by Gasteiger charge is -3.10. The second kappa shape index (κ2) is 1.43. The minimum atomic E-state index is -0.887. The van der Waals surface area contributed by atoms with E-state index >= 15 is 0 Å². The van der Waals surface area contributed by atoms with Crippen molar-refractivity contribution in [3.05, 3.63) is 0 Å². The maximum absolute atomic E-state index is 11.6. The molecule has 0 bridgehead atoms. The molecule has 0 radical (unpaired) electrons. The second-order valence-corrected chi connectivity index (χ2v) is 6.01. The van der Waals surface area contributed by atoms with Crippen molar-refractivity contribution in [1.82, 2.24) is 5.32 Å². The molecule has 0 unspecified atom stereocenters. The van der Waals surface area contributed by atoms with Crippen LogP contribution in [0.3, 0.4) is 0 Å². The number of rotatable bonds is 2. The SMILES string of the molecule is CC(=O)C12C3C4C1C1C2C3C41NC(=O)O. The summed E-state index contributed by atoms with van der Waals surface area (Å²) < 4.78 is 0. The maximum Gasteiger partial charge on any atom is 0.405 e. The Balaban J connectivity index is 1.54. The molecule has 0 aliphatic heterocycles. The molecule has 6 aliphatic carbocycles. The molecule has 6 fully saturated rings. The van der Waals surface area contributed by atoms with Gasteiger partial charge in [0.15, 0.2) is 0 Å². The van der Waals surface area contributed by atoms with E-state index in [4.69, 9.17) is 5.11 Å². The molecule has 2 N–H and O–H groups in total. The van der Waals surface area contributed by atoms with Crippen LogP contribution in [-0.2, 0) is 4.79 Å². The van der Waals surface area contributed by atoms with Gasteiger partial charge in [-0.2, -0.15) is 0 Å². The van der Waals surface area contributed by atoms with E-state index < -0.39 is 6.09 Å². The second-order valence-electron chi connectivity index (χ2n) is 6.01. The highest BCUT2D eigenvalue weighted by Crippen LogP contribution is 3.07. The van der Waals surface area contributed by atoms with Crippen molar-refractivity contribution >= 4 is 11.9 Å². The van der Waals surface area contributed by atoms with Gasteiger partial charge < -0.3 is 10.4 Å². The number of nitrogens with one attached hydrogen (secondary N) is 1. The van der Waals surface area contributed by atoms with Crippen LogP contribution in [0.2, 0.25) is 0 Å². The summed E-state index contributed by atoms with van der Waals surface area (Å²) in [5, 5.41) is 11.5. The molecular formula is C11H11NO3. The van der Waals surface area contributed by atoms with Crippen molar-refractivity contribution in [3.63, 3.8) is 0 Å². The largest absolute Gasteiger partial charge is 0.465 e. The van der Waals surface area contributed by atoms with Gasteiger partial charge in [0.05, 0.1) is 5.54 Å². The van der Waals surface area contributed by atoms with Gasteiger partial charge in [-0.1, -0.05) is 0 Å². The summed E-state index contributed by atoms with van der Waals surface area (Å²) in [5.41, 5.74) is 0.00493. The smallest absolute Gasteiger partial charge is 0.405 e. The Bertz CT molecular complexity index is 415. The summed E-state index contributed by atoms with van der Waals surface area (Å²) in [6, 6.07) is 0. The molecule has 0 heterocycles. The lowest BCUT2D eigenvalue weighted by molar-refractivity contribution is -0.606. The van der Waals surface area contributed by atoms with Crippen LogP contribution in [0.15, 0.2) is 0 Å². The quantitative estimate of drug-likeness (QED) is 0.682. The zero-order chi connectivity index (χ0) is 10.3. The zero-order valence-electron chi connectivity index (χ0n) is 8.23. The summed E-state index contributed by atoms with van der Waals surface area (Å²) >= 11 is 0. The Morgan fingerprint density at radius 2 is 1.53 bits per heavy atom. The summed E-state index contributed by atoms with van der Waals surface area (Å²) in [5.74, 6) is 3.62. The Morgan fingerprint density at radius 3 is 1.87 bits per heavy atom. The van der Waals surface area contributed by atoms with Crippen LogP contribution >= 0.6 is 0 Å². The van der Waals surface area contributed by atoms with Gasteiger partial charge in [0.25, 0.3) is 0 Å². The Hall–Kier alpha value is -1.06. The highest BCUT2D eigenvalue weighted by atomic mass is 16.4. The van der Waals surface area contributed by atoms with Gasteiger partial charge in [-0.15, -0.1) is 0 Å². The molecule has 4 heteroatoms. The number of amides is 1. The number of carboxylic acid groups (broad SMARTS) is 1. The first-order valence-electron chi connectivity index (χ1n) is 5.61. The van der Waals surface area contributed by atoms with Crippen LogP contribution in [0.1, 0.15) is 6.92 Å². The molecule has 6 rings (SSSR count). The van der Waals surface area contributed by atoms with Crippen LogP contribution in [0.5, 0.6) is 0 Å². The van der Waals surface area contributed by atoms with Crippen molar-refractivity contribution in [3.8, 4) is 0 Å². The highest BCUT2D eigenvalue weighted by molar-refractivity contribution is 5.93. The molecule has 0 aromatic heterocycles. The van der Waals surface area contributed by atoms with Crippen LogP contribution in [0.4, 0.5) is 4.79 Å². The van der Waals surface area contributed by atoms with Crippen LogP contribution in [0.25, 0.3) is 0 Å². The molecule has 4 nitrogen and oxygen atoms in total. The number of ketones is 1. The summed E-state index contributed by atoms with van der Waals surface area (Å²) in [6.45, 7) is 1.72. The third kappa shape index (κ3) is 0.317. The minimum absolute atomic E-state index is 0.0525. The predicted octanol–water partition coefficient (Wildman–Crippen LogP) is 0.333. The third-order valence-electron chi connectivity index (χ3n) is 6.56. The highest BCUT2D eigenvalue weighted by Gasteiger charge is 3.11. The summed E-state index contributed by atoms with van der Waals surface area (Å²) in [7, 11) is 0. The molecule has 0 spiro atoms. The fourth-order valence-corrected chi connectivity index (χ4v) is 6.67. The lowest BCUT2D eigenvalue weighted by atomic mass is 8.94. The van der Waals surface area contributed by atoms with Crippen LogP contribution in [0, 0.1) is 40.9 Å². The van der Waals surface area contributed by atoms with E-state index in [1.165, 1.54) is 0 Å².